The van der Waals surface area contributed by atoms with Crippen LogP contribution in [0.1, 0.15) is 12.8 Å². The molecule has 1 aromatic carbocycles. The quantitative estimate of drug-likeness (QED) is 0.562. The minimum atomic E-state index is -3.68. The summed E-state index contributed by atoms with van der Waals surface area (Å²) in [5, 5.41) is 20.6. The molecule has 2 saturated heterocycles. The molecule has 10 heteroatoms. The molecule has 0 unspecified atom stereocenters. The molecule has 0 aromatic heterocycles. The number of β-amino-alcohol motifs (C(OH)–C–C–N with tert-alkyl or cyclic N) is 1. The molecular weight excluding hydrogens is 360 g/mol. The minimum Gasteiger partial charge on any atom is -0.395 e. The molecule has 2 aliphatic heterocycles. The summed E-state index contributed by atoms with van der Waals surface area (Å²) < 4.78 is 26.7. The third kappa shape index (κ3) is 3.83. The van der Waals surface area contributed by atoms with E-state index in [4.69, 9.17) is 5.11 Å². The standard InChI is InChI=1S/C16H24N4O5S/c21-12-11-17-7-9-18(10-8-17)15-4-3-14(13-16(15)20(22)23)26(24,25)19-5-1-2-6-19/h3-4,13,21H,1-2,5-12H2. The van der Waals surface area contributed by atoms with Gasteiger partial charge in [-0.05, 0) is 25.0 Å². The summed E-state index contributed by atoms with van der Waals surface area (Å²) in [7, 11) is -3.68. The summed E-state index contributed by atoms with van der Waals surface area (Å²) in [6.45, 7) is 4.19. The van der Waals surface area contributed by atoms with E-state index in [1.165, 1.54) is 16.4 Å². The average Bonchev–Trinajstić information content (AvgIpc) is 3.18. The number of anilines is 1. The van der Waals surface area contributed by atoms with E-state index in [1.54, 1.807) is 6.07 Å². The lowest BCUT2D eigenvalue weighted by atomic mass is 10.2. The van der Waals surface area contributed by atoms with Crippen molar-refractivity contribution in [2.24, 2.45) is 0 Å². The molecule has 1 N–H and O–H groups in total. The van der Waals surface area contributed by atoms with Gasteiger partial charge in [-0.1, -0.05) is 0 Å². The number of hydrogen-bond acceptors (Lipinski definition) is 7. The van der Waals surface area contributed by atoms with E-state index >= 15 is 0 Å². The van der Waals surface area contributed by atoms with Gasteiger partial charge in [0.2, 0.25) is 10.0 Å². The Hall–Kier alpha value is -1.75. The highest BCUT2D eigenvalue weighted by atomic mass is 32.2. The van der Waals surface area contributed by atoms with Crippen LogP contribution in [0.5, 0.6) is 0 Å². The number of aliphatic hydroxyl groups is 1. The van der Waals surface area contributed by atoms with Crippen LogP contribution >= 0.6 is 0 Å². The lowest BCUT2D eigenvalue weighted by molar-refractivity contribution is -0.384. The zero-order valence-electron chi connectivity index (χ0n) is 14.6. The Bertz CT molecular complexity index is 756. The normalized spacial score (nSPS) is 19.8. The molecule has 0 saturated carbocycles. The molecule has 26 heavy (non-hydrogen) atoms. The summed E-state index contributed by atoms with van der Waals surface area (Å²) >= 11 is 0. The van der Waals surface area contributed by atoms with Crippen molar-refractivity contribution in [2.45, 2.75) is 17.7 Å². The van der Waals surface area contributed by atoms with Crippen molar-refractivity contribution in [3.8, 4) is 0 Å². The molecule has 9 nitrogen and oxygen atoms in total. The van der Waals surface area contributed by atoms with Gasteiger partial charge >= 0.3 is 0 Å². The Morgan fingerprint density at radius 1 is 1.08 bits per heavy atom. The second-order valence-corrected chi connectivity index (χ2v) is 8.51. The molecule has 3 rings (SSSR count). The Labute approximate surface area is 153 Å². The van der Waals surface area contributed by atoms with E-state index in [-0.39, 0.29) is 17.2 Å². The van der Waals surface area contributed by atoms with Gasteiger partial charge in [-0.3, -0.25) is 15.0 Å². The summed E-state index contributed by atoms with van der Waals surface area (Å²) in [6.07, 6.45) is 1.63. The average molecular weight is 384 g/mol. The van der Waals surface area contributed by atoms with E-state index in [1.807, 2.05) is 4.90 Å². The number of benzene rings is 1. The van der Waals surface area contributed by atoms with E-state index < -0.39 is 14.9 Å². The van der Waals surface area contributed by atoms with Crippen molar-refractivity contribution >= 4 is 21.4 Å². The number of rotatable bonds is 6. The molecule has 2 aliphatic rings. The molecule has 0 radical (unpaired) electrons. The monoisotopic (exact) mass is 384 g/mol. The largest absolute Gasteiger partial charge is 0.395 e. The number of aliphatic hydroxyl groups excluding tert-OH is 1. The van der Waals surface area contributed by atoms with E-state index in [2.05, 4.69) is 4.90 Å². The zero-order chi connectivity index (χ0) is 18.7. The van der Waals surface area contributed by atoms with Gasteiger partial charge in [-0.25, -0.2) is 8.42 Å². The first-order valence-electron chi connectivity index (χ1n) is 8.80. The number of nitro benzene ring substituents is 1. The second-order valence-electron chi connectivity index (χ2n) is 6.57. The Morgan fingerprint density at radius 2 is 1.73 bits per heavy atom. The summed E-state index contributed by atoms with van der Waals surface area (Å²) in [5.41, 5.74) is 0.264. The topological polar surface area (TPSA) is 107 Å². The van der Waals surface area contributed by atoms with Crippen LogP contribution in [-0.4, -0.2) is 80.1 Å². The van der Waals surface area contributed by atoms with Crippen LogP contribution in [0.2, 0.25) is 0 Å². The maximum atomic E-state index is 12.7. The lowest BCUT2D eigenvalue weighted by Gasteiger charge is -2.35. The molecule has 1 aromatic rings. The van der Waals surface area contributed by atoms with Crippen LogP contribution in [0.15, 0.2) is 23.1 Å². The highest BCUT2D eigenvalue weighted by molar-refractivity contribution is 7.89. The van der Waals surface area contributed by atoms with Gasteiger partial charge in [0, 0.05) is 51.9 Å². The molecule has 144 valence electrons. The molecule has 2 heterocycles. The third-order valence-electron chi connectivity index (χ3n) is 4.98. The van der Waals surface area contributed by atoms with Crippen molar-refractivity contribution in [1.29, 1.82) is 0 Å². The highest BCUT2D eigenvalue weighted by Gasteiger charge is 2.31. The van der Waals surface area contributed by atoms with E-state index in [0.717, 1.165) is 12.8 Å². The molecule has 0 bridgehead atoms. The van der Waals surface area contributed by atoms with E-state index in [0.29, 0.717) is 51.5 Å². The molecule has 0 spiro atoms. The first kappa shape index (κ1) is 19.0. The van der Waals surface area contributed by atoms with Crippen molar-refractivity contribution in [2.75, 3.05) is 57.3 Å². The fourth-order valence-electron chi connectivity index (χ4n) is 3.51. The first-order valence-corrected chi connectivity index (χ1v) is 10.2. The van der Waals surface area contributed by atoms with Crippen LogP contribution in [0.3, 0.4) is 0 Å². The molecule has 2 fully saturated rings. The van der Waals surface area contributed by atoms with Gasteiger partial charge in [0.1, 0.15) is 5.69 Å². The first-order chi connectivity index (χ1) is 12.4. The fourth-order valence-corrected chi connectivity index (χ4v) is 5.05. The van der Waals surface area contributed by atoms with Crippen LogP contribution in [0, 0.1) is 10.1 Å². The van der Waals surface area contributed by atoms with Crippen molar-refractivity contribution in [3.63, 3.8) is 0 Å². The van der Waals surface area contributed by atoms with Crippen molar-refractivity contribution in [1.82, 2.24) is 9.21 Å². The molecular formula is C16H24N4O5S. The minimum absolute atomic E-state index is 0.0197. The van der Waals surface area contributed by atoms with Gasteiger partial charge in [0.25, 0.3) is 5.69 Å². The number of nitro groups is 1. The van der Waals surface area contributed by atoms with Crippen LogP contribution < -0.4 is 4.90 Å². The molecule has 0 atom stereocenters. The van der Waals surface area contributed by atoms with Crippen LogP contribution in [0.4, 0.5) is 11.4 Å². The smallest absolute Gasteiger partial charge is 0.293 e. The summed E-state index contributed by atoms with van der Waals surface area (Å²) in [4.78, 5) is 15.0. The Balaban J connectivity index is 1.85. The number of sulfonamides is 1. The SMILES string of the molecule is O=[N+]([O-])c1cc(S(=O)(=O)N2CCCC2)ccc1N1CCN(CCO)CC1. The maximum Gasteiger partial charge on any atom is 0.293 e. The summed E-state index contributed by atoms with van der Waals surface area (Å²) in [5.74, 6) is 0. The Morgan fingerprint density at radius 3 is 2.31 bits per heavy atom. The molecule has 0 aliphatic carbocycles. The number of nitrogens with zero attached hydrogens (tertiary/aromatic N) is 4. The fraction of sp³-hybridized carbons (Fsp3) is 0.625. The zero-order valence-corrected chi connectivity index (χ0v) is 15.4. The van der Waals surface area contributed by atoms with Gasteiger partial charge < -0.3 is 10.0 Å². The highest BCUT2D eigenvalue weighted by Crippen LogP contribution is 2.33. The van der Waals surface area contributed by atoms with E-state index in [9.17, 15) is 18.5 Å². The van der Waals surface area contributed by atoms with Crippen LogP contribution in [-0.2, 0) is 10.0 Å². The van der Waals surface area contributed by atoms with Crippen LogP contribution in [0.25, 0.3) is 0 Å². The predicted octanol–water partition coefficient (Wildman–Crippen LogP) is 0.494. The van der Waals surface area contributed by atoms with Gasteiger partial charge in [-0.15, -0.1) is 0 Å². The van der Waals surface area contributed by atoms with Gasteiger partial charge in [0.05, 0.1) is 16.4 Å². The summed E-state index contributed by atoms with van der Waals surface area (Å²) in [6, 6.07) is 4.20. The number of piperazine rings is 1. The lowest BCUT2D eigenvalue weighted by Crippen LogP contribution is -2.47. The van der Waals surface area contributed by atoms with Crippen molar-refractivity contribution in [3.05, 3.63) is 28.3 Å². The predicted molar refractivity (Wildman–Crippen MR) is 96.8 cm³/mol. The number of hydrogen-bond donors (Lipinski definition) is 1. The van der Waals surface area contributed by atoms with Crippen molar-refractivity contribution < 1.29 is 18.4 Å². The third-order valence-corrected chi connectivity index (χ3v) is 6.87. The van der Waals surface area contributed by atoms with Gasteiger partial charge in [0.15, 0.2) is 0 Å². The van der Waals surface area contributed by atoms with Gasteiger partial charge in [-0.2, -0.15) is 4.31 Å². The maximum absolute atomic E-state index is 12.7. The molecule has 0 amide bonds. The second kappa shape index (κ2) is 7.87. The Kier molecular flexibility index (Phi) is 5.76.